The van der Waals surface area contributed by atoms with Gasteiger partial charge in [0.1, 0.15) is 5.82 Å². The largest absolute Gasteiger partial charge is 0.347 e. The molecule has 0 aliphatic carbocycles. The zero-order valence-electron chi connectivity index (χ0n) is 9.36. The lowest BCUT2D eigenvalue weighted by atomic mass is 9.81. The lowest BCUT2D eigenvalue weighted by molar-refractivity contribution is 0.258. The number of nitrogens with zero attached hydrogens (tertiary/aromatic N) is 3. The van der Waals surface area contributed by atoms with Crippen LogP contribution in [0.2, 0.25) is 0 Å². The van der Waals surface area contributed by atoms with Crippen molar-refractivity contribution < 1.29 is 0 Å². The smallest absolute Gasteiger partial charge is 0.205 e. The van der Waals surface area contributed by atoms with Crippen molar-refractivity contribution in [2.24, 2.45) is 11.1 Å². The molecule has 1 aliphatic heterocycles. The summed E-state index contributed by atoms with van der Waals surface area (Å²) in [5, 5.41) is 1.06. The van der Waals surface area contributed by atoms with Gasteiger partial charge < -0.3 is 10.6 Å². The maximum atomic E-state index is 5.78. The van der Waals surface area contributed by atoms with Gasteiger partial charge in [-0.3, -0.25) is 0 Å². The highest BCUT2D eigenvalue weighted by atomic mass is 32.1. The highest BCUT2D eigenvalue weighted by molar-refractivity contribution is 7.09. The van der Waals surface area contributed by atoms with Gasteiger partial charge in [-0.2, -0.15) is 4.37 Å². The fourth-order valence-corrected chi connectivity index (χ4v) is 2.58. The van der Waals surface area contributed by atoms with Crippen molar-refractivity contribution in [3.05, 3.63) is 5.82 Å². The SMILES string of the molecule is Cc1nsc(N2CCC(C)(CN)CC2)n1. The predicted octanol–water partition coefficient (Wildman–Crippen LogP) is 1.41. The molecular weight excluding hydrogens is 208 g/mol. The summed E-state index contributed by atoms with van der Waals surface area (Å²) >= 11 is 1.50. The van der Waals surface area contributed by atoms with Crippen LogP contribution in [0.15, 0.2) is 0 Å². The molecule has 4 nitrogen and oxygen atoms in total. The molecule has 1 saturated heterocycles. The van der Waals surface area contributed by atoms with Gasteiger partial charge in [0.25, 0.3) is 0 Å². The van der Waals surface area contributed by atoms with Gasteiger partial charge in [-0.25, -0.2) is 4.98 Å². The van der Waals surface area contributed by atoms with Gasteiger partial charge in [0.2, 0.25) is 5.13 Å². The van der Waals surface area contributed by atoms with Gasteiger partial charge in [0.05, 0.1) is 0 Å². The minimum Gasteiger partial charge on any atom is -0.347 e. The Kier molecular flexibility index (Phi) is 2.93. The van der Waals surface area contributed by atoms with Crippen molar-refractivity contribution >= 4 is 16.7 Å². The molecule has 1 aromatic heterocycles. The first-order chi connectivity index (χ1) is 7.13. The zero-order valence-corrected chi connectivity index (χ0v) is 10.2. The maximum Gasteiger partial charge on any atom is 0.205 e. The Morgan fingerprint density at radius 2 is 2.13 bits per heavy atom. The van der Waals surface area contributed by atoms with Gasteiger partial charge in [-0.15, -0.1) is 0 Å². The predicted molar refractivity (Wildman–Crippen MR) is 63.3 cm³/mol. The normalized spacial score (nSPS) is 20.6. The van der Waals surface area contributed by atoms with Gasteiger partial charge in [-0.1, -0.05) is 6.92 Å². The Morgan fingerprint density at radius 1 is 1.47 bits per heavy atom. The molecule has 2 N–H and O–H groups in total. The van der Waals surface area contributed by atoms with Crippen LogP contribution in [-0.4, -0.2) is 29.0 Å². The van der Waals surface area contributed by atoms with E-state index < -0.39 is 0 Å². The summed E-state index contributed by atoms with van der Waals surface area (Å²) in [6.07, 6.45) is 2.31. The molecule has 0 saturated carbocycles. The van der Waals surface area contributed by atoms with Crippen LogP contribution >= 0.6 is 11.5 Å². The molecular formula is C10H18N4S. The van der Waals surface area contributed by atoms with E-state index in [-0.39, 0.29) is 0 Å². The number of aryl methyl sites for hydroxylation is 1. The third-order valence-electron chi connectivity index (χ3n) is 3.25. The third-order valence-corrected chi connectivity index (χ3v) is 4.12. The number of piperidine rings is 1. The number of rotatable bonds is 2. The highest BCUT2D eigenvalue weighted by Gasteiger charge is 2.29. The summed E-state index contributed by atoms with van der Waals surface area (Å²) in [6.45, 7) is 7.12. The standard InChI is InChI=1S/C10H18N4S/c1-8-12-9(15-13-8)14-5-3-10(2,7-11)4-6-14/h3-7,11H2,1-2H3. The van der Waals surface area contributed by atoms with Crippen LogP contribution in [0.25, 0.3) is 0 Å². The Bertz CT molecular complexity index is 328. The minimum absolute atomic E-state index is 0.330. The summed E-state index contributed by atoms with van der Waals surface area (Å²) in [5.74, 6) is 0.877. The molecule has 0 amide bonds. The van der Waals surface area contributed by atoms with Crippen LogP contribution in [0.5, 0.6) is 0 Å². The van der Waals surface area contributed by atoms with E-state index in [4.69, 9.17) is 5.73 Å². The van der Waals surface area contributed by atoms with E-state index in [1.165, 1.54) is 11.5 Å². The highest BCUT2D eigenvalue weighted by Crippen LogP contribution is 2.32. The first kappa shape index (κ1) is 10.8. The number of aromatic nitrogens is 2. The number of hydrogen-bond acceptors (Lipinski definition) is 5. The molecule has 15 heavy (non-hydrogen) atoms. The Labute approximate surface area is 94.7 Å². The molecule has 84 valence electrons. The molecule has 0 atom stereocenters. The summed E-state index contributed by atoms with van der Waals surface area (Å²) < 4.78 is 4.21. The van der Waals surface area contributed by atoms with Crippen molar-refractivity contribution in [2.45, 2.75) is 26.7 Å². The molecule has 0 radical (unpaired) electrons. The molecule has 5 heteroatoms. The second-order valence-corrected chi connectivity index (χ2v) is 5.36. The fourth-order valence-electron chi connectivity index (χ4n) is 1.86. The molecule has 0 spiro atoms. The monoisotopic (exact) mass is 226 g/mol. The summed E-state index contributed by atoms with van der Waals surface area (Å²) in [6, 6.07) is 0. The molecule has 1 fully saturated rings. The van der Waals surface area contributed by atoms with E-state index in [9.17, 15) is 0 Å². The van der Waals surface area contributed by atoms with Crippen LogP contribution < -0.4 is 10.6 Å². The van der Waals surface area contributed by atoms with Crippen LogP contribution in [0.1, 0.15) is 25.6 Å². The van der Waals surface area contributed by atoms with Crippen molar-refractivity contribution in [1.82, 2.24) is 9.36 Å². The molecule has 1 aliphatic rings. The molecule has 0 aromatic carbocycles. The second-order valence-electron chi connectivity index (χ2n) is 4.63. The molecule has 2 rings (SSSR count). The Balaban J connectivity index is 1.99. The van der Waals surface area contributed by atoms with Gasteiger partial charge in [0, 0.05) is 24.6 Å². The van der Waals surface area contributed by atoms with Crippen LogP contribution in [0.4, 0.5) is 5.13 Å². The van der Waals surface area contributed by atoms with E-state index >= 15 is 0 Å². The topological polar surface area (TPSA) is 55.0 Å². The molecule has 0 unspecified atom stereocenters. The third kappa shape index (κ3) is 2.29. The van der Waals surface area contributed by atoms with Crippen LogP contribution in [-0.2, 0) is 0 Å². The fraction of sp³-hybridized carbons (Fsp3) is 0.800. The quantitative estimate of drug-likeness (QED) is 0.828. The van der Waals surface area contributed by atoms with Crippen molar-refractivity contribution in [3.8, 4) is 0 Å². The molecule has 1 aromatic rings. The zero-order chi connectivity index (χ0) is 10.9. The van der Waals surface area contributed by atoms with Gasteiger partial charge in [-0.05, 0) is 31.7 Å². The van der Waals surface area contributed by atoms with E-state index in [0.29, 0.717) is 5.41 Å². The Morgan fingerprint density at radius 3 is 2.60 bits per heavy atom. The maximum absolute atomic E-state index is 5.78. The van der Waals surface area contributed by atoms with E-state index in [0.717, 1.165) is 43.4 Å². The van der Waals surface area contributed by atoms with E-state index in [1.807, 2.05) is 6.92 Å². The van der Waals surface area contributed by atoms with E-state index in [1.54, 1.807) is 0 Å². The summed E-state index contributed by atoms with van der Waals surface area (Å²) in [4.78, 5) is 6.73. The lowest BCUT2D eigenvalue weighted by Gasteiger charge is -2.38. The average molecular weight is 226 g/mol. The summed E-state index contributed by atoms with van der Waals surface area (Å²) in [7, 11) is 0. The van der Waals surface area contributed by atoms with Crippen LogP contribution in [0, 0.1) is 12.3 Å². The molecule has 0 bridgehead atoms. The average Bonchev–Trinajstić information content (AvgIpc) is 2.66. The number of anilines is 1. The van der Waals surface area contributed by atoms with E-state index in [2.05, 4.69) is 21.2 Å². The Hall–Kier alpha value is -0.680. The van der Waals surface area contributed by atoms with Crippen molar-refractivity contribution in [1.29, 1.82) is 0 Å². The first-order valence-electron chi connectivity index (χ1n) is 5.38. The number of nitrogens with two attached hydrogens (primary N) is 1. The molecule has 2 heterocycles. The summed E-state index contributed by atoms with van der Waals surface area (Å²) in [5.41, 5.74) is 6.11. The van der Waals surface area contributed by atoms with Gasteiger partial charge >= 0.3 is 0 Å². The van der Waals surface area contributed by atoms with Crippen LogP contribution in [0.3, 0.4) is 0 Å². The first-order valence-corrected chi connectivity index (χ1v) is 6.16. The van der Waals surface area contributed by atoms with Crippen molar-refractivity contribution in [3.63, 3.8) is 0 Å². The second kappa shape index (κ2) is 4.06. The lowest BCUT2D eigenvalue weighted by Crippen LogP contribution is -2.42. The van der Waals surface area contributed by atoms with Crippen molar-refractivity contribution in [2.75, 3.05) is 24.5 Å². The minimum atomic E-state index is 0.330. The van der Waals surface area contributed by atoms with Gasteiger partial charge in [0.15, 0.2) is 0 Å². The number of hydrogen-bond donors (Lipinski definition) is 1.